The summed E-state index contributed by atoms with van der Waals surface area (Å²) in [5.41, 5.74) is 8.90. The molecule has 0 spiro atoms. The summed E-state index contributed by atoms with van der Waals surface area (Å²) >= 11 is 1.73. The normalized spacial score (nSPS) is 11.5. The second kappa shape index (κ2) is 5.31. The molecule has 4 aromatic heterocycles. The molecule has 0 aliphatic carbocycles. The van der Waals surface area contributed by atoms with E-state index >= 15 is 0 Å². The Morgan fingerprint density at radius 2 is 1.62 bits per heavy atom. The van der Waals surface area contributed by atoms with Gasteiger partial charge in [0.25, 0.3) is 0 Å². The Morgan fingerprint density at radius 1 is 0.917 bits per heavy atom. The minimum Gasteiger partial charge on any atom is -0.317 e. The Labute approximate surface area is 145 Å². The molecule has 0 fully saturated rings. The van der Waals surface area contributed by atoms with Crippen LogP contribution in [0.15, 0.2) is 29.6 Å². The summed E-state index contributed by atoms with van der Waals surface area (Å²) in [6.07, 6.45) is 0. The molecular weight excluding hydrogens is 316 g/mol. The maximum atomic E-state index is 4.88. The molecule has 0 aromatic carbocycles. The molecule has 4 rings (SSSR count). The van der Waals surface area contributed by atoms with Crippen LogP contribution in [-0.4, -0.2) is 19.2 Å². The van der Waals surface area contributed by atoms with Gasteiger partial charge in [0.2, 0.25) is 0 Å². The predicted molar refractivity (Wildman–Crippen MR) is 99.3 cm³/mol. The summed E-state index contributed by atoms with van der Waals surface area (Å²) in [4.78, 5) is 5.88. The van der Waals surface area contributed by atoms with Crippen LogP contribution in [0, 0.1) is 34.6 Å². The molecule has 0 aliphatic rings. The van der Waals surface area contributed by atoms with E-state index in [1.54, 1.807) is 11.3 Å². The first-order chi connectivity index (χ1) is 11.5. The Balaban J connectivity index is 1.99. The summed E-state index contributed by atoms with van der Waals surface area (Å²) in [7, 11) is 0. The maximum Gasteiger partial charge on any atom is 0.159 e. The van der Waals surface area contributed by atoms with Crippen molar-refractivity contribution in [1.82, 2.24) is 19.2 Å². The van der Waals surface area contributed by atoms with Crippen LogP contribution in [0.2, 0.25) is 0 Å². The number of aryl methyl sites for hydroxylation is 5. The molecule has 0 radical (unpaired) electrons. The summed E-state index contributed by atoms with van der Waals surface area (Å²) < 4.78 is 4.25. The lowest BCUT2D eigenvalue weighted by atomic mass is 10.2. The number of rotatable bonds is 2. The van der Waals surface area contributed by atoms with Crippen molar-refractivity contribution in [1.29, 1.82) is 0 Å². The van der Waals surface area contributed by atoms with E-state index in [2.05, 4.69) is 61.9 Å². The largest absolute Gasteiger partial charge is 0.317 e. The lowest BCUT2D eigenvalue weighted by Gasteiger charge is -2.09. The van der Waals surface area contributed by atoms with Gasteiger partial charge in [0.1, 0.15) is 5.69 Å². The van der Waals surface area contributed by atoms with E-state index in [9.17, 15) is 0 Å². The van der Waals surface area contributed by atoms with E-state index in [4.69, 9.17) is 10.1 Å². The third-order valence-corrected chi connectivity index (χ3v) is 5.41. The molecule has 0 amide bonds. The zero-order valence-corrected chi connectivity index (χ0v) is 15.4. The van der Waals surface area contributed by atoms with Gasteiger partial charge in [-0.1, -0.05) is 0 Å². The van der Waals surface area contributed by atoms with Crippen molar-refractivity contribution < 1.29 is 0 Å². The summed E-state index contributed by atoms with van der Waals surface area (Å²) in [5.74, 6) is 0. The fourth-order valence-corrected chi connectivity index (χ4v) is 4.27. The van der Waals surface area contributed by atoms with Gasteiger partial charge in [-0.3, -0.25) is 0 Å². The van der Waals surface area contributed by atoms with Gasteiger partial charge in [0.15, 0.2) is 5.65 Å². The molecule has 0 N–H and O–H groups in total. The molecule has 0 saturated carbocycles. The topological polar surface area (TPSA) is 35.1 Å². The molecule has 5 heteroatoms. The van der Waals surface area contributed by atoms with E-state index in [-0.39, 0.29) is 0 Å². The van der Waals surface area contributed by atoms with Gasteiger partial charge in [0.05, 0.1) is 10.6 Å². The lowest BCUT2D eigenvalue weighted by molar-refractivity contribution is 0.888. The Hall–Kier alpha value is -2.40. The van der Waals surface area contributed by atoms with Crippen LogP contribution in [-0.2, 0) is 0 Å². The van der Waals surface area contributed by atoms with E-state index in [0.717, 1.165) is 28.3 Å². The van der Waals surface area contributed by atoms with Crippen LogP contribution < -0.4 is 0 Å². The van der Waals surface area contributed by atoms with E-state index in [0.29, 0.717) is 0 Å². The molecule has 4 aromatic rings. The van der Waals surface area contributed by atoms with Crippen molar-refractivity contribution in [3.05, 3.63) is 58.0 Å². The van der Waals surface area contributed by atoms with Crippen LogP contribution in [0.4, 0.5) is 0 Å². The van der Waals surface area contributed by atoms with E-state index < -0.39 is 0 Å². The number of hydrogen-bond acceptors (Lipinski definition) is 3. The third kappa shape index (κ3) is 2.12. The molecule has 0 aliphatic heterocycles. The monoisotopic (exact) mass is 336 g/mol. The Bertz CT molecular complexity index is 1050. The molecule has 24 heavy (non-hydrogen) atoms. The highest BCUT2D eigenvalue weighted by Crippen LogP contribution is 2.36. The molecule has 0 atom stereocenters. The highest BCUT2D eigenvalue weighted by Gasteiger charge is 2.19. The van der Waals surface area contributed by atoms with Crippen LogP contribution >= 0.6 is 11.3 Å². The zero-order chi connectivity index (χ0) is 17.0. The zero-order valence-electron chi connectivity index (χ0n) is 14.6. The first-order valence-electron chi connectivity index (χ1n) is 8.04. The van der Waals surface area contributed by atoms with Crippen molar-refractivity contribution >= 4 is 17.0 Å². The van der Waals surface area contributed by atoms with Gasteiger partial charge in [-0.2, -0.15) is 5.10 Å². The molecular formula is C19H20N4S. The highest BCUT2D eigenvalue weighted by atomic mass is 32.1. The molecule has 4 nitrogen and oxygen atoms in total. The fraction of sp³-hybridized carbons (Fsp3) is 0.263. The summed E-state index contributed by atoms with van der Waals surface area (Å²) in [6.45, 7) is 10.5. The standard InChI is InChI=1S/C19H20N4S/c1-11-10-14(4)23-19(20-11)15(5)17(21-23)18-16(8-9-24-18)22-12(2)6-7-13(22)3/h6-10H,1-5H3. The van der Waals surface area contributed by atoms with Gasteiger partial charge in [-0.05, 0) is 64.3 Å². The van der Waals surface area contributed by atoms with Crippen LogP contribution in [0.1, 0.15) is 28.3 Å². The second-order valence-corrected chi connectivity index (χ2v) is 7.25. The Morgan fingerprint density at radius 3 is 2.33 bits per heavy atom. The SMILES string of the molecule is Cc1cc(C)n2nc(-c3sccc3-n3c(C)ccc3C)c(C)c2n1. The molecule has 0 unspecified atom stereocenters. The predicted octanol–water partition coefficient (Wildman–Crippen LogP) is 4.79. The van der Waals surface area contributed by atoms with Gasteiger partial charge in [-0.15, -0.1) is 11.3 Å². The average molecular weight is 336 g/mol. The molecule has 4 heterocycles. The summed E-state index contributed by atoms with van der Waals surface area (Å²) in [5, 5.41) is 7.01. The quantitative estimate of drug-likeness (QED) is 0.527. The Kier molecular flexibility index (Phi) is 3.35. The van der Waals surface area contributed by atoms with Gasteiger partial charge >= 0.3 is 0 Å². The van der Waals surface area contributed by atoms with Crippen molar-refractivity contribution in [2.24, 2.45) is 0 Å². The minimum absolute atomic E-state index is 0.947. The van der Waals surface area contributed by atoms with Crippen molar-refractivity contribution in [3.8, 4) is 16.3 Å². The first-order valence-corrected chi connectivity index (χ1v) is 8.92. The van der Waals surface area contributed by atoms with Crippen LogP contribution in [0.25, 0.3) is 21.9 Å². The average Bonchev–Trinajstić information content (AvgIpc) is 3.19. The van der Waals surface area contributed by atoms with Crippen molar-refractivity contribution in [2.45, 2.75) is 34.6 Å². The van der Waals surface area contributed by atoms with Crippen molar-refractivity contribution in [2.75, 3.05) is 0 Å². The van der Waals surface area contributed by atoms with Crippen LogP contribution in [0.5, 0.6) is 0 Å². The van der Waals surface area contributed by atoms with E-state index in [1.807, 2.05) is 11.4 Å². The van der Waals surface area contributed by atoms with Gasteiger partial charge in [-0.25, -0.2) is 9.50 Å². The first kappa shape index (κ1) is 15.1. The van der Waals surface area contributed by atoms with E-state index in [1.165, 1.54) is 22.0 Å². The lowest BCUT2D eigenvalue weighted by Crippen LogP contribution is -1.99. The summed E-state index contributed by atoms with van der Waals surface area (Å²) in [6, 6.07) is 8.55. The van der Waals surface area contributed by atoms with Crippen LogP contribution in [0.3, 0.4) is 0 Å². The molecule has 0 bridgehead atoms. The maximum absolute atomic E-state index is 4.88. The number of hydrogen-bond donors (Lipinski definition) is 0. The number of nitrogens with zero attached hydrogens (tertiary/aromatic N) is 4. The third-order valence-electron chi connectivity index (χ3n) is 4.50. The smallest absolute Gasteiger partial charge is 0.159 e. The molecule has 0 saturated heterocycles. The molecule has 122 valence electrons. The van der Waals surface area contributed by atoms with Gasteiger partial charge < -0.3 is 4.57 Å². The fourth-order valence-electron chi connectivity index (χ4n) is 3.35. The second-order valence-electron chi connectivity index (χ2n) is 6.33. The highest BCUT2D eigenvalue weighted by molar-refractivity contribution is 7.14. The van der Waals surface area contributed by atoms with Gasteiger partial charge in [0, 0.05) is 28.3 Å². The minimum atomic E-state index is 0.947. The van der Waals surface area contributed by atoms with Crippen molar-refractivity contribution in [3.63, 3.8) is 0 Å². The number of fused-ring (bicyclic) bond motifs is 1. The number of thiophene rings is 1. The number of aromatic nitrogens is 4.